The first-order chi connectivity index (χ1) is 9.44. The van der Waals surface area contributed by atoms with E-state index in [1.807, 2.05) is 43.3 Å². The van der Waals surface area contributed by atoms with E-state index in [9.17, 15) is 0 Å². The van der Waals surface area contributed by atoms with Gasteiger partial charge in [-0.05, 0) is 42.7 Å². The summed E-state index contributed by atoms with van der Waals surface area (Å²) in [4.78, 5) is 0. The Balaban J connectivity index is 2.27. The van der Waals surface area contributed by atoms with Crippen LogP contribution in [0.25, 0.3) is 0 Å². The molecule has 0 saturated carbocycles. The monoisotopic (exact) mass is 309 g/mol. The molecule has 2 aromatic carbocycles. The van der Waals surface area contributed by atoms with Crippen LogP contribution in [0.1, 0.15) is 18.1 Å². The third kappa shape index (κ3) is 3.26. The van der Waals surface area contributed by atoms with Gasteiger partial charge in [0.1, 0.15) is 5.75 Å². The minimum atomic E-state index is -0.527. The molecule has 0 fully saturated rings. The number of benzene rings is 2. The first-order valence-corrected chi connectivity index (χ1v) is 7.06. The van der Waals surface area contributed by atoms with Crippen LogP contribution >= 0.6 is 23.2 Å². The highest BCUT2D eigenvalue weighted by atomic mass is 35.5. The number of hydrogen-bond acceptors (Lipinski definition) is 2. The second-order valence-corrected chi connectivity index (χ2v) is 5.82. The summed E-state index contributed by atoms with van der Waals surface area (Å²) in [6.07, 6.45) is 0.610. The van der Waals surface area contributed by atoms with E-state index >= 15 is 0 Å². The van der Waals surface area contributed by atoms with E-state index in [4.69, 9.17) is 33.7 Å². The van der Waals surface area contributed by atoms with Gasteiger partial charge in [0.15, 0.2) is 0 Å². The van der Waals surface area contributed by atoms with E-state index in [0.29, 0.717) is 16.5 Å². The Labute approximate surface area is 129 Å². The maximum atomic E-state index is 6.44. The molecule has 2 aromatic rings. The van der Waals surface area contributed by atoms with Crippen molar-refractivity contribution in [3.8, 4) is 5.75 Å². The van der Waals surface area contributed by atoms with Crippen LogP contribution in [0.2, 0.25) is 10.0 Å². The third-order valence-corrected chi connectivity index (χ3v) is 4.20. The molecule has 1 unspecified atom stereocenters. The maximum absolute atomic E-state index is 6.44. The molecule has 0 saturated heterocycles. The van der Waals surface area contributed by atoms with Gasteiger partial charge >= 0.3 is 0 Å². The Hall–Kier alpha value is -1.22. The van der Waals surface area contributed by atoms with Crippen LogP contribution in [0.4, 0.5) is 0 Å². The zero-order valence-electron chi connectivity index (χ0n) is 11.5. The standard InChI is InChI=1S/C16H17Cl2NO/c1-16(19,12-6-8-13(20-2)9-7-12)10-11-4-3-5-14(17)15(11)18/h3-9H,10,19H2,1-2H3. The van der Waals surface area contributed by atoms with Gasteiger partial charge in [-0.25, -0.2) is 0 Å². The van der Waals surface area contributed by atoms with Crippen molar-refractivity contribution in [3.05, 3.63) is 63.6 Å². The molecule has 0 bridgehead atoms. The third-order valence-electron chi connectivity index (χ3n) is 3.34. The van der Waals surface area contributed by atoms with E-state index in [2.05, 4.69) is 0 Å². The number of rotatable bonds is 4. The fourth-order valence-corrected chi connectivity index (χ4v) is 2.54. The van der Waals surface area contributed by atoms with E-state index < -0.39 is 5.54 Å². The normalized spacial score (nSPS) is 13.8. The lowest BCUT2D eigenvalue weighted by molar-refractivity contribution is 0.413. The van der Waals surface area contributed by atoms with Gasteiger partial charge in [-0.15, -0.1) is 0 Å². The smallest absolute Gasteiger partial charge is 0.118 e. The van der Waals surface area contributed by atoms with Gasteiger partial charge < -0.3 is 10.5 Å². The number of hydrogen-bond donors (Lipinski definition) is 1. The first-order valence-electron chi connectivity index (χ1n) is 6.30. The van der Waals surface area contributed by atoms with Crippen molar-refractivity contribution in [1.82, 2.24) is 0 Å². The molecule has 2 rings (SSSR count). The summed E-state index contributed by atoms with van der Waals surface area (Å²) < 4.78 is 5.16. The molecule has 4 heteroatoms. The Morgan fingerprint density at radius 3 is 2.35 bits per heavy atom. The molecule has 0 aliphatic carbocycles. The summed E-state index contributed by atoms with van der Waals surface area (Å²) in [5.41, 5.74) is 7.88. The highest BCUT2D eigenvalue weighted by Crippen LogP contribution is 2.31. The molecule has 0 aromatic heterocycles. The van der Waals surface area contributed by atoms with Crippen molar-refractivity contribution in [2.45, 2.75) is 18.9 Å². The Bertz CT molecular complexity index is 594. The second-order valence-electron chi connectivity index (χ2n) is 5.04. The van der Waals surface area contributed by atoms with Crippen molar-refractivity contribution in [2.75, 3.05) is 7.11 Å². The fourth-order valence-electron chi connectivity index (χ4n) is 2.15. The summed E-state index contributed by atoms with van der Waals surface area (Å²) in [5.74, 6) is 0.810. The number of halogens is 2. The van der Waals surface area contributed by atoms with Crippen LogP contribution in [0.3, 0.4) is 0 Å². The van der Waals surface area contributed by atoms with Crippen LogP contribution in [-0.2, 0) is 12.0 Å². The van der Waals surface area contributed by atoms with E-state index in [1.54, 1.807) is 13.2 Å². The molecular formula is C16H17Cl2NO. The van der Waals surface area contributed by atoms with Gasteiger partial charge in [-0.1, -0.05) is 47.5 Å². The van der Waals surface area contributed by atoms with Gasteiger partial charge in [0.2, 0.25) is 0 Å². The molecular weight excluding hydrogens is 293 g/mol. The van der Waals surface area contributed by atoms with Gasteiger partial charge in [0.25, 0.3) is 0 Å². The van der Waals surface area contributed by atoms with Gasteiger partial charge in [0.05, 0.1) is 17.2 Å². The molecule has 2 nitrogen and oxygen atoms in total. The highest BCUT2D eigenvalue weighted by molar-refractivity contribution is 6.42. The molecule has 0 amide bonds. The largest absolute Gasteiger partial charge is 0.497 e. The Kier molecular flexibility index (Phi) is 4.59. The number of methoxy groups -OCH3 is 1. The van der Waals surface area contributed by atoms with Crippen molar-refractivity contribution in [3.63, 3.8) is 0 Å². The molecule has 20 heavy (non-hydrogen) atoms. The van der Waals surface area contributed by atoms with Gasteiger partial charge in [0, 0.05) is 5.54 Å². The average Bonchev–Trinajstić information content (AvgIpc) is 2.44. The van der Waals surface area contributed by atoms with E-state index in [1.165, 1.54) is 0 Å². The molecule has 1 atom stereocenters. The number of nitrogens with two attached hydrogens (primary N) is 1. The first kappa shape index (κ1) is 15.2. The van der Waals surface area contributed by atoms with Crippen LogP contribution in [-0.4, -0.2) is 7.11 Å². The second kappa shape index (κ2) is 6.04. The van der Waals surface area contributed by atoms with Gasteiger partial charge in [-0.2, -0.15) is 0 Å². The number of ether oxygens (including phenoxy) is 1. The van der Waals surface area contributed by atoms with Crippen LogP contribution in [0.15, 0.2) is 42.5 Å². The molecule has 0 aliphatic heterocycles. The minimum absolute atomic E-state index is 0.527. The SMILES string of the molecule is COc1ccc(C(C)(N)Cc2cccc(Cl)c2Cl)cc1. The lowest BCUT2D eigenvalue weighted by Gasteiger charge is -2.26. The lowest BCUT2D eigenvalue weighted by atomic mass is 9.86. The van der Waals surface area contributed by atoms with E-state index in [-0.39, 0.29) is 0 Å². The molecule has 2 N–H and O–H groups in total. The average molecular weight is 310 g/mol. The minimum Gasteiger partial charge on any atom is -0.497 e. The molecule has 0 spiro atoms. The molecule has 106 valence electrons. The van der Waals surface area contributed by atoms with Crippen molar-refractivity contribution in [1.29, 1.82) is 0 Å². The Morgan fingerprint density at radius 2 is 1.75 bits per heavy atom. The topological polar surface area (TPSA) is 35.2 Å². The lowest BCUT2D eigenvalue weighted by Crippen LogP contribution is -2.35. The molecule has 0 radical (unpaired) electrons. The van der Waals surface area contributed by atoms with Crippen LogP contribution in [0, 0.1) is 0 Å². The van der Waals surface area contributed by atoms with E-state index in [0.717, 1.165) is 16.9 Å². The van der Waals surface area contributed by atoms with Crippen molar-refractivity contribution in [2.24, 2.45) is 5.73 Å². The van der Waals surface area contributed by atoms with Crippen molar-refractivity contribution >= 4 is 23.2 Å². The summed E-state index contributed by atoms with van der Waals surface area (Å²) in [6.45, 7) is 1.98. The predicted octanol–water partition coefficient (Wildman–Crippen LogP) is 4.42. The summed E-state index contributed by atoms with van der Waals surface area (Å²) in [7, 11) is 1.64. The maximum Gasteiger partial charge on any atom is 0.118 e. The Morgan fingerprint density at radius 1 is 1.10 bits per heavy atom. The summed E-state index contributed by atoms with van der Waals surface area (Å²) in [6, 6.07) is 13.3. The van der Waals surface area contributed by atoms with Crippen LogP contribution < -0.4 is 10.5 Å². The molecule has 0 heterocycles. The van der Waals surface area contributed by atoms with Crippen molar-refractivity contribution < 1.29 is 4.74 Å². The molecule has 0 aliphatic rings. The zero-order valence-corrected chi connectivity index (χ0v) is 13.0. The zero-order chi connectivity index (χ0) is 14.8. The predicted molar refractivity (Wildman–Crippen MR) is 84.7 cm³/mol. The quantitative estimate of drug-likeness (QED) is 0.907. The fraction of sp³-hybridized carbons (Fsp3) is 0.250. The summed E-state index contributed by atoms with van der Waals surface area (Å²) in [5, 5.41) is 1.12. The summed E-state index contributed by atoms with van der Waals surface area (Å²) >= 11 is 12.3. The van der Waals surface area contributed by atoms with Crippen LogP contribution in [0.5, 0.6) is 5.75 Å². The van der Waals surface area contributed by atoms with Gasteiger partial charge in [-0.3, -0.25) is 0 Å². The highest BCUT2D eigenvalue weighted by Gasteiger charge is 2.23.